The van der Waals surface area contributed by atoms with Crippen molar-refractivity contribution >= 4 is 34.2 Å². The first-order valence-electron chi connectivity index (χ1n) is 7.30. The summed E-state index contributed by atoms with van der Waals surface area (Å²) in [6.45, 7) is 3.87. The van der Waals surface area contributed by atoms with Gasteiger partial charge in [-0.05, 0) is 43.7 Å². The maximum atomic E-state index is 12.6. The number of H-pyrrole nitrogens is 1. The van der Waals surface area contributed by atoms with Gasteiger partial charge in [-0.25, -0.2) is 4.98 Å². The first-order chi connectivity index (χ1) is 11.7. The van der Waals surface area contributed by atoms with Gasteiger partial charge in [-0.3, -0.25) is 4.79 Å². The standard InChI is InChI=1S/C17H13ClF3N3O/c1-8-9(2)23-14-4-3-10(5-12(8)14)16(25)24-15-13(18)6-11(7-22-15)17(19,20)21/h3-7,23H,1-2H3,(H,22,24,25). The van der Waals surface area contributed by atoms with Crippen LogP contribution in [-0.4, -0.2) is 15.9 Å². The highest BCUT2D eigenvalue weighted by atomic mass is 35.5. The van der Waals surface area contributed by atoms with E-state index in [1.165, 1.54) is 0 Å². The van der Waals surface area contributed by atoms with Crippen molar-refractivity contribution in [2.24, 2.45) is 0 Å². The molecule has 2 heterocycles. The third kappa shape index (κ3) is 3.32. The summed E-state index contributed by atoms with van der Waals surface area (Å²) in [5, 5.41) is 3.06. The van der Waals surface area contributed by atoms with Crippen molar-refractivity contribution in [2.75, 3.05) is 5.32 Å². The van der Waals surface area contributed by atoms with E-state index in [2.05, 4.69) is 15.3 Å². The number of aromatic amines is 1. The van der Waals surface area contributed by atoms with E-state index >= 15 is 0 Å². The second kappa shape index (κ2) is 6.07. The van der Waals surface area contributed by atoms with E-state index in [-0.39, 0.29) is 10.8 Å². The SMILES string of the molecule is Cc1[nH]c2ccc(C(=O)Nc3ncc(C(F)(F)F)cc3Cl)cc2c1C. The van der Waals surface area contributed by atoms with Crippen molar-refractivity contribution in [3.05, 3.63) is 57.9 Å². The summed E-state index contributed by atoms with van der Waals surface area (Å²) in [6, 6.07) is 5.82. The van der Waals surface area contributed by atoms with Gasteiger partial charge in [0, 0.05) is 28.4 Å². The van der Waals surface area contributed by atoms with Gasteiger partial charge in [0.25, 0.3) is 5.91 Å². The fourth-order valence-electron chi connectivity index (χ4n) is 2.47. The van der Waals surface area contributed by atoms with Crippen LogP contribution in [0, 0.1) is 13.8 Å². The number of pyridine rings is 1. The van der Waals surface area contributed by atoms with E-state index in [9.17, 15) is 18.0 Å². The van der Waals surface area contributed by atoms with Crippen LogP contribution in [0.15, 0.2) is 30.5 Å². The maximum Gasteiger partial charge on any atom is 0.417 e. The fraction of sp³-hybridized carbons (Fsp3) is 0.176. The summed E-state index contributed by atoms with van der Waals surface area (Å²) in [6.07, 6.45) is -3.92. The molecule has 25 heavy (non-hydrogen) atoms. The Morgan fingerprint density at radius 2 is 1.96 bits per heavy atom. The molecule has 3 aromatic rings. The molecule has 0 radical (unpaired) electrons. The summed E-state index contributed by atoms with van der Waals surface area (Å²) >= 11 is 5.81. The number of rotatable bonds is 2. The Balaban J connectivity index is 1.88. The number of nitrogens with one attached hydrogen (secondary N) is 2. The van der Waals surface area contributed by atoms with E-state index in [1.807, 2.05) is 13.8 Å². The van der Waals surface area contributed by atoms with Crippen LogP contribution >= 0.6 is 11.6 Å². The molecule has 0 aliphatic rings. The number of anilines is 1. The number of benzene rings is 1. The van der Waals surface area contributed by atoms with E-state index in [4.69, 9.17) is 11.6 Å². The molecule has 1 aromatic carbocycles. The molecule has 0 atom stereocenters. The maximum absolute atomic E-state index is 12.6. The highest BCUT2D eigenvalue weighted by Crippen LogP contribution is 2.32. The Bertz CT molecular complexity index is 979. The number of amides is 1. The van der Waals surface area contributed by atoms with Crippen LogP contribution in [0.25, 0.3) is 10.9 Å². The molecular weight excluding hydrogens is 355 g/mol. The lowest BCUT2D eigenvalue weighted by molar-refractivity contribution is -0.137. The van der Waals surface area contributed by atoms with Gasteiger partial charge in [0.15, 0.2) is 5.82 Å². The molecule has 0 aliphatic heterocycles. The van der Waals surface area contributed by atoms with Crippen LogP contribution in [0.3, 0.4) is 0 Å². The lowest BCUT2D eigenvalue weighted by atomic mass is 10.1. The topological polar surface area (TPSA) is 57.8 Å². The zero-order valence-corrected chi connectivity index (χ0v) is 14.0. The van der Waals surface area contributed by atoms with Crippen LogP contribution in [0.1, 0.15) is 27.2 Å². The molecule has 1 amide bonds. The van der Waals surface area contributed by atoms with Crippen molar-refractivity contribution in [1.82, 2.24) is 9.97 Å². The van der Waals surface area contributed by atoms with Gasteiger partial charge >= 0.3 is 6.18 Å². The lowest BCUT2D eigenvalue weighted by Gasteiger charge is -2.10. The number of halogens is 4. The molecule has 0 unspecified atom stereocenters. The molecule has 0 saturated carbocycles. The molecule has 2 aromatic heterocycles. The van der Waals surface area contributed by atoms with Crippen molar-refractivity contribution in [3.8, 4) is 0 Å². The first kappa shape index (κ1) is 17.3. The van der Waals surface area contributed by atoms with Gasteiger partial charge in [0.2, 0.25) is 0 Å². The smallest absolute Gasteiger partial charge is 0.358 e. The summed E-state index contributed by atoms with van der Waals surface area (Å²) in [5.41, 5.74) is 2.30. The number of aryl methyl sites for hydroxylation is 2. The second-order valence-corrected chi connectivity index (χ2v) is 6.05. The van der Waals surface area contributed by atoms with Crippen molar-refractivity contribution < 1.29 is 18.0 Å². The highest BCUT2D eigenvalue weighted by molar-refractivity contribution is 6.33. The van der Waals surface area contributed by atoms with Crippen molar-refractivity contribution in [1.29, 1.82) is 0 Å². The molecule has 0 aliphatic carbocycles. The third-order valence-electron chi connectivity index (χ3n) is 3.97. The minimum Gasteiger partial charge on any atom is -0.358 e. The number of hydrogen-bond donors (Lipinski definition) is 2. The predicted molar refractivity (Wildman–Crippen MR) is 90.0 cm³/mol. The van der Waals surface area contributed by atoms with Gasteiger partial charge < -0.3 is 10.3 Å². The number of aromatic nitrogens is 2. The lowest BCUT2D eigenvalue weighted by Crippen LogP contribution is -2.14. The van der Waals surface area contributed by atoms with Crippen LogP contribution in [0.5, 0.6) is 0 Å². The number of nitrogens with zero attached hydrogens (tertiary/aromatic N) is 1. The minimum atomic E-state index is -4.55. The zero-order valence-electron chi connectivity index (χ0n) is 13.3. The van der Waals surface area contributed by atoms with Crippen LogP contribution in [0.4, 0.5) is 19.0 Å². The molecule has 8 heteroatoms. The third-order valence-corrected chi connectivity index (χ3v) is 4.26. The van der Waals surface area contributed by atoms with Gasteiger partial charge in [0.05, 0.1) is 10.6 Å². The van der Waals surface area contributed by atoms with Crippen molar-refractivity contribution in [3.63, 3.8) is 0 Å². The summed E-state index contributed by atoms with van der Waals surface area (Å²) in [4.78, 5) is 19.2. The van der Waals surface area contributed by atoms with Crippen LogP contribution < -0.4 is 5.32 Å². The Hall–Kier alpha value is -2.54. The average molecular weight is 368 g/mol. The summed E-state index contributed by atoms with van der Waals surface area (Å²) in [5.74, 6) is -0.629. The quantitative estimate of drug-likeness (QED) is 0.661. The summed E-state index contributed by atoms with van der Waals surface area (Å²) in [7, 11) is 0. The number of alkyl halides is 3. The minimum absolute atomic E-state index is 0.123. The van der Waals surface area contributed by atoms with E-state index < -0.39 is 17.6 Å². The average Bonchev–Trinajstić information content (AvgIpc) is 2.82. The molecule has 0 saturated heterocycles. The second-order valence-electron chi connectivity index (χ2n) is 5.64. The monoisotopic (exact) mass is 367 g/mol. The summed E-state index contributed by atoms with van der Waals surface area (Å²) < 4.78 is 37.9. The molecule has 3 rings (SSSR count). The van der Waals surface area contributed by atoms with Crippen LogP contribution in [-0.2, 0) is 6.18 Å². The Morgan fingerprint density at radius 1 is 1.24 bits per heavy atom. The fourth-order valence-corrected chi connectivity index (χ4v) is 2.68. The number of fused-ring (bicyclic) bond motifs is 1. The van der Waals surface area contributed by atoms with Gasteiger partial charge in [-0.15, -0.1) is 0 Å². The van der Waals surface area contributed by atoms with Gasteiger partial charge in [0.1, 0.15) is 0 Å². The van der Waals surface area contributed by atoms with E-state index in [0.29, 0.717) is 11.8 Å². The zero-order chi connectivity index (χ0) is 18.4. The number of carbonyl (C=O) groups is 1. The van der Waals surface area contributed by atoms with Crippen molar-refractivity contribution in [2.45, 2.75) is 20.0 Å². The highest BCUT2D eigenvalue weighted by Gasteiger charge is 2.31. The molecule has 0 fully saturated rings. The normalized spacial score (nSPS) is 11.8. The Morgan fingerprint density at radius 3 is 2.60 bits per heavy atom. The molecule has 2 N–H and O–H groups in total. The first-order valence-corrected chi connectivity index (χ1v) is 7.67. The molecule has 0 bridgehead atoms. The largest absolute Gasteiger partial charge is 0.417 e. The Kier molecular flexibility index (Phi) is 4.20. The van der Waals surface area contributed by atoms with E-state index in [1.54, 1.807) is 18.2 Å². The Labute approximate surface area is 146 Å². The molecular formula is C17H13ClF3N3O. The van der Waals surface area contributed by atoms with Gasteiger partial charge in [-0.2, -0.15) is 13.2 Å². The predicted octanol–water partition coefficient (Wildman–Crippen LogP) is 5.10. The van der Waals surface area contributed by atoms with Crippen LogP contribution in [0.2, 0.25) is 5.02 Å². The number of hydrogen-bond acceptors (Lipinski definition) is 2. The van der Waals surface area contributed by atoms with E-state index in [0.717, 1.165) is 28.2 Å². The molecule has 0 spiro atoms. The molecule has 4 nitrogen and oxygen atoms in total. The number of carbonyl (C=O) groups excluding carboxylic acids is 1. The van der Waals surface area contributed by atoms with Gasteiger partial charge in [-0.1, -0.05) is 11.6 Å². The molecule has 130 valence electrons.